The molecule has 0 aliphatic heterocycles. The molecular formula is C17H19BrO. The summed E-state index contributed by atoms with van der Waals surface area (Å²) < 4.78 is 0.982. The maximum atomic E-state index is 10.4. The molecule has 0 unspecified atom stereocenters. The average Bonchev–Trinajstić information content (AvgIpc) is 2.37. The zero-order valence-electron chi connectivity index (χ0n) is 11.5. The van der Waals surface area contributed by atoms with Crippen molar-refractivity contribution in [2.75, 3.05) is 0 Å². The lowest BCUT2D eigenvalue weighted by atomic mass is 9.86. The first-order valence-corrected chi connectivity index (χ1v) is 7.21. The van der Waals surface area contributed by atoms with Gasteiger partial charge in [0.2, 0.25) is 0 Å². The summed E-state index contributed by atoms with van der Waals surface area (Å²) in [6, 6.07) is 16.0. The second kappa shape index (κ2) is 5.48. The quantitative estimate of drug-likeness (QED) is 0.841. The van der Waals surface area contributed by atoms with Crippen molar-refractivity contribution in [2.24, 2.45) is 0 Å². The van der Waals surface area contributed by atoms with Crippen molar-refractivity contribution in [3.05, 3.63) is 69.7 Å². The van der Waals surface area contributed by atoms with Crippen LogP contribution in [-0.4, -0.2) is 5.11 Å². The summed E-state index contributed by atoms with van der Waals surface area (Å²) in [6.07, 6.45) is -0.577. The largest absolute Gasteiger partial charge is 0.384 e. The molecule has 0 saturated carbocycles. The Morgan fingerprint density at radius 3 is 2.11 bits per heavy atom. The molecule has 2 aromatic rings. The maximum Gasteiger partial charge on any atom is 0.104 e. The molecule has 0 amide bonds. The van der Waals surface area contributed by atoms with Crippen LogP contribution < -0.4 is 0 Å². The molecule has 1 nitrogen and oxygen atoms in total. The van der Waals surface area contributed by atoms with E-state index in [-0.39, 0.29) is 5.41 Å². The van der Waals surface area contributed by atoms with Crippen LogP contribution in [0.2, 0.25) is 0 Å². The molecule has 0 radical (unpaired) electrons. The minimum absolute atomic E-state index is 0.138. The van der Waals surface area contributed by atoms with Crippen molar-refractivity contribution in [1.82, 2.24) is 0 Å². The molecule has 2 aromatic carbocycles. The van der Waals surface area contributed by atoms with E-state index in [0.29, 0.717) is 0 Å². The molecule has 2 rings (SSSR count). The van der Waals surface area contributed by atoms with E-state index in [9.17, 15) is 5.11 Å². The number of aliphatic hydroxyl groups is 1. The lowest BCUT2D eigenvalue weighted by molar-refractivity contribution is 0.220. The molecule has 2 heteroatoms. The third-order valence-corrected chi connectivity index (χ3v) is 3.75. The van der Waals surface area contributed by atoms with Gasteiger partial charge in [-0.05, 0) is 34.2 Å². The van der Waals surface area contributed by atoms with Gasteiger partial charge in [0.15, 0.2) is 0 Å². The fourth-order valence-corrected chi connectivity index (χ4v) is 2.45. The van der Waals surface area contributed by atoms with Gasteiger partial charge in [0.1, 0.15) is 6.10 Å². The van der Waals surface area contributed by atoms with Gasteiger partial charge in [-0.25, -0.2) is 0 Å². The Bertz CT molecular complexity index is 552. The molecule has 1 atom stereocenters. The summed E-state index contributed by atoms with van der Waals surface area (Å²) in [6.45, 7) is 6.56. The standard InChI is InChI=1S/C17H19BrO/c1-17(2,3)14-9-7-12(8-10-14)16(19)13-5-4-6-15(18)11-13/h4-11,16,19H,1-3H3/t16-/m1/s1. The van der Waals surface area contributed by atoms with Gasteiger partial charge in [-0.3, -0.25) is 0 Å². The smallest absolute Gasteiger partial charge is 0.104 e. The normalized spacial score (nSPS) is 13.3. The minimum atomic E-state index is -0.577. The van der Waals surface area contributed by atoms with E-state index >= 15 is 0 Å². The zero-order chi connectivity index (χ0) is 14.0. The van der Waals surface area contributed by atoms with E-state index in [1.54, 1.807) is 0 Å². The van der Waals surface area contributed by atoms with Crippen LogP contribution in [0.5, 0.6) is 0 Å². The Kier molecular flexibility index (Phi) is 4.12. The number of rotatable bonds is 2. The number of halogens is 1. The van der Waals surface area contributed by atoms with Crippen LogP contribution >= 0.6 is 15.9 Å². The molecule has 0 aromatic heterocycles. The first kappa shape index (κ1) is 14.3. The van der Waals surface area contributed by atoms with Crippen LogP contribution in [0.1, 0.15) is 43.6 Å². The third-order valence-electron chi connectivity index (χ3n) is 3.26. The summed E-state index contributed by atoms with van der Waals surface area (Å²) in [7, 11) is 0. The van der Waals surface area contributed by atoms with E-state index in [0.717, 1.165) is 15.6 Å². The van der Waals surface area contributed by atoms with E-state index in [1.807, 2.05) is 36.4 Å². The van der Waals surface area contributed by atoms with E-state index < -0.39 is 6.10 Å². The van der Waals surface area contributed by atoms with E-state index in [4.69, 9.17) is 0 Å². The molecule has 0 aliphatic carbocycles. The van der Waals surface area contributed by atoms with E-state index in [2.05, 4.69) is 48.8 Å². The van der Waals surface area contributed by atoms with Gasteiger partial charge in [0.05, 0.1) is 0 Å². The SMILES string of the molecule is CC(C)(C)c1ccc([C@@H](O)c2cccc(Br)c2)cc1. The number of hydrogen-bond donors (Lipinski definition) is 1. The fraction of sp³-hybridized carbons (Fsp3) is 0.294. The first-order valence-electron chi connectivity index (χ1n) is 6.42. The summed E-state index contributed by atoms with van der Waals surface area (Å²) in [5.74, 6) is 0. The van der Waals surface area contributed by atoms with Crippen LogP contribution in [0, 0.1) is 0 Å². The van der Waals surface area contributed by atoms with Gasteiger partial charge in [0.25, 0.3) is 0 Å². The Hall–Kier alpha value is -1.12. The van der Waals surface area contributed by atoms with Gasteiger partial charge >= 0.3 is 0 Å². The molecular weight excluding hydrogens is 300 g/mol. The van der Waals surface area contributed by atoms with Gasteiger partial charge in [-0.15, -0.1) is 0 Å². The summed E-state index contributed by atoms with van der Waals surface area (Å²) >= 11 is 3.43. The molecule has 0 spiro atoms. The molecule has 0 heterocycles. The average molecular weight is 319 g/mol. The van der Waals surface area contributed by atoms with Crippen molar-refractivity contribution >= 4 is 15.9 Å². The molecule has 0 saturated heterocycles. The topological polar surface area (TPSA) is 20.2 Å². The number of aliphatic hydroxyl groups excluding tert-OH is 1. The van der Waals surface area contributed by atoms with Crippen molar-refractivity contribution in [1.29, 1.82) is 0 Å². The van der Waals surface area contributed by atoms with Crippen LogP contribution in [0.4, 0.5) is 0 Å². The van der Waals surface area contributed by atoms with Gasteiger partial charge in [0, 0.05) is 4.47 Å². The van der Waals surface area contributed by atoms with Gasteiger partial charge in [-0.1, -0.05) is 73.1 Å². The summed E-state index contributed by atoms with van der Waals surface area (Å²) in [5, 5.41) is 10.4. The highest BCUT2D eigenvalue weighted by Gasteiger charge is 2.15. The highest BCUT2D eigenvalue weighted by molar-refractivity contribution is 9.10. The number of benzene rings is 2. The fourth-order valence-electron chi connectivity index (χ4n) is 2.03. The predicted molar refractivity (Wildman–Crippen MR) is 83.3 cm³/mol. The Morgan fingerprint density at radius 1 is 0.947 bits per heavy atom. The second-order valence-electron chi connectivity index (χ2n) is 5.83. The second-order valence-corrected chi connectivity index (χ2v) is 6.75. The monoisotopic (exact) mass is 318 g/mol. The Labute approximate surface area is 123 Å². The summed E-state index contributed by atoms with van der Waals surface area (Å²) in [4.78, 5) is 0. The zero-order valence-corrected chi connectivity index (χ0v) is 13.1. The Morgan fingerprint density at radius 2 is 1.58 bits per heavy atom. The highest BCUT2D eigenvalue weighted by atomic mass is 79.9. The van der Waals surface area contributed by atoms with Crippen molar-refractivity contribution in [2.45, 2.75) is 32.3 Å². The molecule has 1 N–H and O–H groups in total. The maximum absolute atomic E-state index is 10.4. The van der Waals surface area contributed by atoms with Crippen molar-refractivity contribution < 1.29 is 5.11 Å². The van der Waals surface area contributed by atoms with Crippen molar-refractivity contribution in [3.8, 4) is 0 Å². The molecule has 100 valence electrons. The minimum Gasteiger partial charge on any atom is -0.384 e. The van der Waals surface area contributed by atoms with Crippen LogP contribution in [0.3, 0.4) is 0 Å². The predicted octanol–water partition coefficient (Wildman–Crippen LogP) is 4.83. The Balaban J connectivity index is 2.27. The first-order chi connectivity index (χ1) is 8.88. The number of hydrogen-bond acceptors (Lipinski definition) is 1. The van der Waals surface area contributed by atoms with Crippen LogP contribution in [-0.2, 0) is 5.41 Å². The molecule has 19 heavy (non-hydrogen) atoms. The van der Waals surface area contributed by atoms with Gasteiger partial charge in [-0.2, -0.15) is 0 Å². The van der Waals surface area contributed by atoms with Crippen LogP contribution in [0.15, 0.2) is 53.0 Å². The molecule has 0 fully saturated rings. The third kappa shape index (κ3) is 3.46. The lowest BCUT2D eigenvalue weighted by Gasteiger charge is -2.20. The molecule has 0 bridgehead atoms. The molecule has 0 aliphatic rings. The van der Waals surface area contributed by atoms with Gasteiger partial charge < -0.3 is 5.11 Å². The van der Waals surface area contributed by atoms with Crippen LogP contribution in [0.25, 0.3) is 0 Å². The van der Waals surface area contributed by atoms with E-state index in [1.165, 1.54) is 5.56 Å². The summed E-state index contributed by atoms with van der Waals surface area (Å²) in [5.41, 5.74) is 3.24. The van der Waals surface area contributed by atoms with Crippen molar-refractivity contribution in [3.63, 3.8) is 0 Å². The lowest BCUT2D eigenvalue weighted by Crippen LogP contribution is -2.11. The highest BCUT2D eigenvalue weighted by Crippen LogP contribution is 2.27.